The number of rotatable bonds is 5. The van der Waals surface area contributed by atoms with Crippen molar-refractivity contribution in [1.82, 2.24) is 9.55 Å². The van der Waals surface area contributed by atoms with E-state index >= 15 is 0 Å². The highest BCUT2D eigenvalue weighted by molar-refractivity contribution is 5.46. The van der Waals surface area contributed by atoms with Gasteiger partial charge in [-0.2, -0.15) is 0 Å². The van der Waals surface area contributed by atoms with Crippen molar-refractivity contribution in [1.29, 1.82) is 5.41 Å². The van der Waals surface area contributed by atoms with Crippen LogP contribution in [0, 0.1) is 5.41 Å². The molecule has 0 amide bonds. The Kier molecular flexibility index (Phi) is 6.60. The van der Waals surface area contributed by atoms with E-state index in [-0.39, 0.29) is 0 Å². The van der Waals surface area contributed by atoms with E-state index in [2.05, 4.69) is 76.1 Å². The van der Waals surface area contributed by atoms with Gasteiger partial charge in [0.1, 0.15) is 0 Å². The van der Waals surface area contributed by atoms with Gasteiger partial charge in [0.2, 0.25) is 0 Å². The van der Waals surface area contributed by atoms with Crippen LogP contribution < -0.4 is 5.73 Å². The lowest BCUT2D eigenvalue weighted by Gasteiger charge is -2.02. The van der Waals surface area contributed by atoms with Gasteiger partial charge >= 0.3 is 0 Å². The molecule has 3 N–H and O–H groups in total. The molecule has 1 heterocycles. The molecule has 4 heteroatoms. The number of nitrogens with zero attached hydrogens (tertiary/aromatic N) is 2. The molecule has 0 atom stereocenters. The monoisotopic (exact) mass is 306 g/mol. The van der Waals surface area contributed by atoms with Crippen molar-refractivity contribution in [2.24, 2.45) is 5.73 Å². The Morgan fingerprint density at radius 2 is 1.52 bits per heavy atom. The van der Waals surface area contributed by atoms with Crippen LogP contribution >= 0.6 is 0 Å². The second-order valence-corrected chi connectivity index (χ2v) is 5.17. The van der Waals surface area contributed by atoms with Gasteiger partial charge in [-0.25, -0.2) is 4.98 Å². The first-order valence-corrected chi connectivity index (χ1v) is 7.61. The summed E-state index contributed by atoms with van der Waals surface area (Å²) in [7, 11) is 0. The summed E-state index contributed by atoms with van der Waals surface area (Å²) in [5.74, 6) is 0. The average molecular weight is 306 g/mol. The van der Waals surface area contributed by atoms with Crippen LogP contribution in [0.15, 0.2) is 73.2 Å². The van der Waals surface area contributed by atoms with Crippen molar-refractivity contribution >= 4 is 6.34 Å². The molecule has 0 spiro atoms. The van der Waals surface area contributed by atoms with Gasteiger partial charge < -0.3 is 10.3 Å². The molecule has 2 aromatic carbocycles. The Hall–Kier alpha value is -2.88. The lowest BCUT2D eigenvalue weighted by Crippen LogP contribution is -1.98. The Balaban J connectivity index is 0.000000595. The van der Waals surface area contributed by atoms with Crippen LogP contribution in [-0.2, 0) is 19.4 Å². The zero-order chi connectivity index (χ0) is 16.3. The summed E-state index contributed by atoms with van der Waals surface area (Å²) in [6.45, 7) is 0.978. The molecule has 0 aliphatic rings. The summed E-state index contributed by atoms with van der Waals surface area (Å²) in [5, 5.41) is 5.86. The number of hydrogen-bond acceptors (Lipinski definition) is 2. The highest BCUT2D eigenvalue weighted by Gasteiger charge is 2.01. The summed E-state index contributed by atoms with van der Waals surface area (Å²) in [6.07, 6.45) is 6.78. The van der Waals surface area contributed by atoms with E-state index in [1.165, 1.54) is 11.1 Å². The van der Waals surface area contributed by atoms with Gasteiger partial charge in [0.05, 0.1) is 18.4 Å². The summed E-state index contributed by atoms with van der Waals surface area (Å²) >= 11 is 0. The van der Waals surface area contributed by atoms with Gasteiger partial charge in [-0.3, -0.25) is 5.41 Å². The molecule has 0 radical (unpaired) electrons. The highest BCUT2D eigenvalue weighted by Crippen LogP contribution is 2.08. The van der Waals surface area contributed by atoms with Crippen LogP contribution in [0.25, 0.3) is 0 Å². The van der Waals surface area contributed by atoms with Gasteiger partial charge in [0, 0.05) is 19.2 Å². The SMILES string of the molecule is N=CN.c1ccc(CCn2cnc(Cc3ccccc3)c2)cc1. The first kappa shape index (κ1) is 16.5. The smallest absolute Gasteiger partial charge is 0.0949 e. The van der Waals surface area contributed by atoms with Gasteiger partial charge in [0.25, 0.3) is 0 Å². The van der Waals surface area contributed by atoms with Crippen molar-refractivity contribution < 1.29 is 0 Å². The Bertz CT molecular complexity index is 690. The Morgan fingerprint density at radius 1 is 0.957 bits per heavy atom. The number of aromatic nitrogens is 2. The standard InChI is InChI=1S/C18H18N2.CH4N2/c1-3-7-16(8-4-1)11-12-20-14-18(19-15-20)13-17-9-5-2-6-10-17;2-1-3/h1-10,14-15H,11-13H2;1H,(H3,2,3). The third-order valence-electron chi connectivity index (χ3n) is 3.42. The summed E-state index contributed by atoms with van der Waals surface area (Å²) in [4.78, 5) is 4.49. The third kappa shape index (κ3) is 5.79. The van der Waals surface area contributed by atoms with E-state index in [1.54, 1.807) is 0 Å². The molecule has 118 valence electrons. The molecule has 3 rings (SSSR count). The fraction of sp³-hybridized carbons (Fsp3) is 0.158. The molecule has 0 unspecified atom stereocenters. The van der Waals surface area contributed by atoms with Crippen LogP contribution in [0.5, 0.6) is 0 Å². The molecular weight excluding hydrogens is 284 g/mol. The van der Waals surface area contributed by atoms with Crippen molar-refractivity contribution in [3.05, 3.63) is 90.0 Å². The number of nitrogens with two attached hydrogens (primary N) is 1. The van der Waals surface area contributed by atoms with Crippen molar-refractivity contribution in [2.45, 2.75) is 19.4 Å². The van der Waals surface area contributed by atoms with E-state index in [0.29, 0.717) is 0 Å². The van der Waals surface area contributed by atoms with E-state index in [4.69, 9.17) is 5.41 Å². The molecule has 0 bridgehead atoms. The molecule has 0 aliphatic heterocycles. The van der Waals surface area contributed by atoms with E-state index in [1.807, 2.05) is 12.4 Å². The highest BCUT2D eigenvalue weighted by atomic mass is 15.0. The minimum absolute atomic E-state index is 0.750. The maximum atomic E-state index is 5.86. The van der Waals surface area contributed by atoms with Crippen LogP contribution in [0.4, 0.5) is 0 Å². The summed E-state index contributed by atoms with van der Waals surface area (Å²) < 4.78 is 2.17. The lowest BCUT2D eigenvalue weighted by atomic mass is 10.1. The zero-order valence-corrected chi connectivity index (χ0v) is 13.1. The number of nitrogens with one attached hydrogen (secondary N) is 1. The van der Waals surface area contributed by atoms with E-state index in [9.17, 15) is 0 Å². The molecule has 0 saturated carbocycles. The van der Waals surface area contributed by atoms with E-state index < -0.39 is 0 Å². The number of aryl methyl sites for hydroxylation is 2. The predicted octanol–water partition coefficient (Wildman–Crippen LogP) is 3.27. The molecule has 0 aliphatic carbocycles. The van der Waals surface area contributed by atoms with E-state index in [0.717, 1.165) is 31.4 Å². The van der Waals surface area contributed by atoms with Gasteiger partial charge in [-0.1, -0.05) is 60.7 Å². The van der Waals surface area contributed by atoms with Crippen molar-refractivity contribution in [3.63, 3.8) is 0 Å². The first-order chi connectivity index (χ1) is 11.3. The third-order valence-corrected chi connectivity index (χ3v) is 3.42. The van der Waals surface area contributed by atoms with Crippen molar-refractivity contribution in [3.8, 4) is 0 Å². The van der Waals surface area contributed by atoms with Crippen LogP contribution in [0.2, 0.25) is 0 Å². The Labute approximate surface area is 137 Å². The molecule has 0 fully saturated rings. The molecular formula is C19H22N4. The normalized spacial score (nSPS) is 9.74. The van der Waals surface area contributed by atoms with Crippen LogP contribution in [-0.4, -0.2) is 15.9 Å². The molecule has 1 aromatic heterocycles. The Morgan fingerprint density at radius 3 is 2.13 bits per heavy atom. The second-order valence-electron chi connectivity index (χ2n) is 5.17. The lowest BCUT2D eigenvalue weighted by molar-refractivity contribution is 0.695. The fourth-order valence-corrected chi connectivity index (χ4v) is 2.33. The number of benzene rings is 2. The number of hydrogen-bond donors (Lipinski definition) is 2. The maximum absolute atomic E-state index is 5.86. The largest absolute Gasteiger partial charge is 0.390 e. The molecule has 4 nitrogen and oxygen atoms in total. The summed E-state index contributed by atoms with van der Waals surface area (Å²) in [5.41, 5.74) is 8.19. The number of imidazole rings is 1. The zero-order valence-electron chi connectivity index (χ0n) is 13.1. The topological polar surface area (TPSA) is 67.7 Å². The minimum atomic E-state index is 0.750. The summed E-state index contributed by atoms with van der Waals surface area (Å²) in [6, 6.07) is 21.0. The minimum Gasteiger partial charge on any atom is -0.390 e. The van der Waals surface area contributed by atoms with Gasteiger partial charge in [-0.05, 0) is 17.5 Å². The first-order valence-electron chi connectivity index (χ1n) is 7.61. The van der Waals surface area contributed by atoms with Crippen LogP contribution in [0.1, 0.15) is 16.8 Å². The molecule has 3 aromatic rings. The molecule has 23 heavy (non-hydrogen) atoms. The van der Waals surface area contributed by atoms with Crippen molar-refractivity contribution in [2.75, 3.05) is 0 Å². The average Bonchev–Trinajstić information content (AvgIpc) is 3.03. The quantitative estimate of drug-likeness (QED) is 0.561. The van der Waals surface area contributed by atoms with Crippen LogP contribution in [0.3, 0.4) is 0 Å². The molecule has 0 saturated heterocycles. The maximum Gasteiger partial charge on any atom is 0.0949 e. The fourth-order valence-electron chi connectivity index (χ4n) is 2.33. The van der Waals surface area contributed by atoms with Gasteiger partial charge in [0.15, 0.2) is 0 Å². The van der Waals surface area contributed by atoms with Gasteiger partial charge in [-0.15, -0.1) is 0 Å². The second kappa shape index (κ2) is 9.20. The predicted molar refractivity (Wildman–Crippen MR) is 94.6 cm³/mol.